The molecule has 1 saturated heterocycles. The second kappa shape index (κ2) is 11.3. The molecule has 1 aliphatic rings. The average molecular weight is 424 g/mol. The third-order valence-electron chi connectivity index (χ3n) is 6.07. The molecule has 2 aromatic carbocycles. The van der Waals surface area contributed by atoms with Gasteiger partial charge in [-0.3, -0.25) is 9.69 Å². The molecule has 0 aromatic heterocycles. The van der Waals surface area contributed by atoms with Gasteiger partial charge < -0.3 is 14.5 Å². The van der Waals surface area contributed by atoms with Crippen LogP contribution in [0.4, 0.5) is 0 Å². The predicted molar refractivity (Wildman–Crippen MR) is 127 cm³/mol. The molecule has 2 aromatic rings. The number of hydrogen-bond acceptors (Lipinski definition) is 4. The van der Waals surface area contributed by atoms with Crippen molar-refractivity contribution in [2.75, 3.05) is 53.9 Å². The summed E-state index contributed by atoms with van der Waals surface area (Å²) in [5, 5.41) is 0. The van der Waals surface area contributed by atoms with Crippen LogP contribution in [0.15, 0.2) is 48.5 Å². The fourth-order valence-electron chi connectivity index (χ4n) is 4.31. The molecule has 0 bridgehead atoms. The molecule has 0 N–H and O–H groups in total. The summed E-state index contributed by atoms with van der Waals surface area (Å²) in [6.07, 6.45) is 2.34. The number of ether oxygens (including phenoxy) is 1. The van der Waals surface area contributed by atoms with Gasteiger partial charge in [-0.25, -0.2) is 0 Å². The topological polar surface area (TPSA) is 36.0 Å². The molecule has 0 radical (unpaired) electrons. The largest absolute Gasteiger partial charge is 0.496 e. The summed E-state index contributed by atoms with van der Waals surface area (Å²) in [7, 11) is 5.85. The normalized spacial score (nSPS) is 17.0. The first kappa shape index (κ1) is 23.3. The standard InChI is InChI=1S/C26H37N3O2/c1-21-11-13-23(14-12-21)26(30)29(17-16-27(2)3)19-22-8-7-15-28(18-22)20-24-9-5-6-10-25(24)31-4/h5-6,9-14,22H,7-8,15-20H2,1-4H3/t22-/m1/s1. The molecule has 1 heterocycles. The van der Waals surface area contributed by atoms with Gasteiger partial charge in [-0.05, 0) is 64.5 Å². The number of para-hydroxylation sites is 1. The van der Waals surface area contributed by atoms with Crippen LogP contribution in [-0.4, -0.2) is 74.5 Å². The highest BCUT2D eigenvalue weighted by atomic mass is 16.5. The Morgan fingerprint density at radius 2 is 1.84 bits per heavy atom. The number of likely N-dealkylation sites (N-methyl/N-ethyl adjacent to an activating group) is 1. The van der Waals surface area contributed by atoms with Gasteiger partial charge in [-0.1, -0.05) is 35.9 Å². The fraction of sp³-hybridized carbons (Fsp3) is 0.500. The second-order valence-electron chi connectivity index (χ2n) is 8.98. The monoisotopic (exact) mass is 423 g/mol. The Morgan fingerprint density at radius 3 is 2.55 bits per heavy atom. The van der Waals surface area contributed by atoms with Crippen molar-refractivity contribution >= 4 is 5.91 Å². The quantitative estimate of drug-likeness (QED) is 0.613. The first-order chi connectivity index (χ1) is 15.0. The molecule has 0 aliphatic carbocycles. The number of benzene rings is 2. The van der Waals surface area contributed by atoms with Crippen LogP contribution in [0.25, 0.3) is 0 Å². The summed E-state index contributed by atoms with van der Waals surface area (Å²) in [5.74, 6) is 1.58. The van der Waals surface area contributed by atoms with Crippen LogP contribution in [0.2, 0.25) is 0 Å². The van der Waals surface area contributed by atoms with Gasteiger partial charge in [0.15, 0.2) is 0 Å². The Labute approximate surface area is 187 Å². The molecule has 5 heteroatoms. The Morgan fingerprint density at radius 1 is 1.10 bits per heavy atom. The van der Waals surface area contributed by atoms with Crippen molar-refractivity contribution in [3.05, 3.63) is 65.2 Å². The molecule has 5 nitrogen and oxygen atoms in total. The lowest BCUT2D eigenvalue weighted by Gasteiger charge is -2.36. The van der Waals surface area contributed by atoms with Crippen LogP contribution >= 0.6 is 0 Å². The van der Waals surface area contributed by atoms with Gasteiger partial charge >= 0.3 is 0 Å². The zero-order valence-corrected chi connectivity index (χ0v) is 19.5. The lowest BCUT2D eigenvalue weighted by Crippen LogP contribution is -2.44. The van der Waals surface area contributed by atoms with Gasteiger partial charge in [-0.15, -0.1) is 0 Å². The summed E-state index contributed by atoms with van der Waals surface area (Å²) in [6.45, 7) is 7.48. The van der Waals surface area contributed by atoms with E-state index in [1.807, 2.05) is 36.4 Å². The zero-order valence-electron chi connectivity index (χ0n) is 19.5. The zero-order chi connectivity index (χ0) is 22.2. The van der Waals surface area contributed by atoms with E-state index in [9.17, 15) is 4.79 Å². The van der Waals surface area contributed by atoms with Gasteiger partial charge in [0.25, 0.3) is 5.91 Å². The summed E-state index contributed by atoms with van der Waals surface area (Å²) in [6, 6.07) is 16.2. The second-order valence-corrected chi connectivity index (χ2v) is 8.98. The lowest BCUT2D eigenvalue weighted by molar-refractivity contribution is 0.0660. The van der Waals surface area contributed by atoms with Gasteiger partial charge in [0, 0.05) is 43.9 Å². The first-order valence-corrected chi connectivity index (χ1v) is 11.3. The molecule has 3 rings (SSSR count). The maximum atomic E-state index is 13.3. The van der Waals surface area contributed by atoms with E-state index in [1.165, 1.54) is 24.0 Å². The van der Waals surface area contributed by atoms with E-state index in [1.54, 1.807) is 7.11 Å². The van der Waals surface area contributed by atoms with E-state index in [2.05, 4.69) is 47.9 Å². The number of hydrogen-bond donors (Lipinski definition) is 0. The summed E-state index contributed by atoms with van der Waals surface area (Å²) >= 11 is 0. The van der Waals surface area contributed by atoms with E-state index >= 15 is 0 Å². The Hall–Kier alpha value is -2.37. The van der Waals surface area contributed by atoms with Crippen molar-refractivity contribution in [3.8, 4) is 5.75 Å². The number of likely N-dealkylation sites (tertiary alicyclic amines) is 1. The average Bonchev–Trinajstić information content (AvgIpc) is 2.77. The minimum absolute atomic E-state index is 0.142. The number of amides is 1. The number of methoxy groups -OCH3 is 1. The number of nitrogens with zero attached hydrogens (tertiary/aromatic N) is 3. The van der Waals surface area contributed by atoms with Crippen molar-refractivity contribution < 1.29 is 9.53 Å². The van der Waals surface area contributed by atoms with Crippen LogP contribution in [0, 0.1) is 12.8 Å². The van der Waals surface area contributed by atoms with Crippen LogP contribution in [0.1, 0.15) is 34.3 Å². The lowest BCUT2D eigenvalue weighted by atomic mass is 9.96. The van der Waals surface area contributed by atoms with Crippen LogP contribution in [-0.2, 0) is 6.54 Å². The van der Waals surface area contributed by atoms with Gasteiger partial charge in [-0.2, -0.15) is 0 Å². The maximum Gasteiger partial charge on any atom is 0.253 e. The van der Waals surface area contributed by atoms with Crippen molar-refractivity contribution in [1.82, 2.24) is 14.7 Å². The number of carbonyl (C=O) groups is 1. The van der Waals surface area contributed by atoms with Crippen molar-refractivity contribution in [1.29, 1.82) is 0 Å². The molecule has 1 atom stereocenters. The third kappa shape index (κ3) is 6.81. The molecule has 168 valence electrons. The third-order valence-corrected chi connectivity index (χ3v) is 6.07. The van der Waals surface area contributed by atoms with Gasteiger partial charge in [0.2, 0.25) is 0 Å². The summed E-state index contributed by atoms with van der Waals surface area (Å²) in [4.78, 5) is 20.0. The van der Waals surface area contributed by atoms with Crippen LogP contribution in [0.3, 0.4) is 0 Å². The molecule has 1 amide bonds. The first-order valence-electron chi connectivity index (χ1n) is 11.3. The molecular formula is C26H37N3O2. The molecule has 0 spiro atoms. The minimum Gasteiger partial charge on any atom is -0.496 e. The molecule has 1 aliphatic heterocycles. The van der Waals surface area contributed by atoms with Crippen molar-refractivity contribution in [3.63, 3.8) is 0 Å². The summed E-state index contributed by atoms with van der Waals surface area (Å²) < 4.78 is 5.54. The minimum atomic E-state index is 0.142. The Kier molecular flexibility index (Phi) is 8.50. The van der Waals surface area contributed by atoms with Gasteiger partial charge in [0.05, 0.1) is 7.11 Å². The highest BCUT2D eigenvalue weighted by Crippen LogP contribution is 2.24. The number of carbonyl (C=O) groups excluding carboxylic acids is 1. The number of piperidine rings is 1. The smallest absolute Gasteiger partial charge is 0.253 e. The van der Waals surface area contributed by atoms with E-state index in [0.717, 1.165) is 50.6 Å². The molecule has 31 heavy (non-hydrogen) atoms. The van der Waals surface area contributed by atoms with E-state index in [4.69, 9.17) is 4.74 Å². The fourth-order valence-corrected chi connectivity index (χ4v) is 4.31. The molecular weight excluding hydrogens is 386 g/mol. The Bertz CT molecular complexity index is 835. The van der Waals surface area contributed by atoms with E-state index in [-0.39, 0.29) is 5.91 Å². The SMILES string of the molecule is COc1ccccc1CN1CCC[C@@H](CN(CCN(C)C)C(=O)c2ccc(C)cc2)C1. The van der Waals surface area contributed by atoms with E-state index < -0.39 is 0 Å². The van der Waals surface area contributed by atoms with Crippen LogP contribution in [0.5, 0.6) is 5.75 Å². The van der Waals surface area contributed by atoms with E-state index in [0.29, 0.717) is 5.92 Å². The highest BCUT2D eigenvalue weighted by molar-refractivity contribution is 5.94. The predicted octanol–water partition coefficient (Wildman–Crippen LogP) is 3.92. The van der Waals surface area contributed by atoms with Crippen molar-refractivity contribution in [2.45, 2.75) is 26.3 Å². The number of aryl methyl sites for hydroxylation is 1. The molecule has 1 fully saturated rings. The molecule has 0 unspecified atom stereocenters. The summed E-state index contributed by atoms with van der Waals surface area (Å²) in [5.41, 5.74) is 3.19. The maximum absolute atomic E-state index is 13.3. The van der Waals surface area contributed by atoms with Crippen molar-refractivity contribution in [2.24, 2.45) is 5.92 Å². The highest BCUT2D eigenvalue weighted by Gasteiger charge is 2.25. The van der Waals surface area contributed by atoms with Gasteiger partial charge in [0.1, 0.15) is 5.75 Å². The van der Waals surface area contributed by atoms with Crippen LogP contribution < -0.4 is 4.74 Å². The Balaban J connectivity index is 1.66. The number of rotatable bonds is 9. The molecule has 0 saturated carbocycles.